The fraction of sp³-hybridized carbons (Fsp3) is 0.625. The zero-order chi connectivity index (χ0) is 16.9. The molecule has 1 aliphatic heterocycles. The predicted molar refractivity (Wildman–Crippen MR) is 95.0 cm³/mol. The van der Waals surface area contributed by atoms with Crippen LogP contribution in [0.15, 0.2) is 24.3 Å². The van der Waals surface area contributed by atoms with Crippen LogP contribution in [0, 0.1) is 0 Å². The largest absolute Gasteiger partial charge is 0.300 e. The molecule has 0 amide bonds. The van der Waals surface area contributed by atoms with E-state index in [0.29, 0.717) is 26.2 Å². The van der Waals surface area contributed by atoms with Gasteiger partial charge in [0.05, 0.1) is 0 Å². The van der Waals surface area contributed by atoms with Crippen LogP contribution < -0.4 is 0 Å². The monoisotopic (exact) mass is 359 g/mol. The van der Waals surface area contributed by atoms with E-state index in [0.717, 1.165) is 36.6 Å². The Morgan fingerprint density at radius 2 is 1.70 bits per heavy atom. The zero-order valence-electron chi connectivity index (χ0n) is 13.9. The molecule has 0 spiro atoms. The Morgan fingerprint density at radius 3 is 2.26 bits per heavy atom. The van der Waals surface area contributed by atoms with Gasteiger partial charge in [-0.05, 0) is 18.1 Å². The van der Waals surface area contributed by atoms with Crippen molar-refractivity contribution in [2.24, 2.45) is 0 Å². The van der Waals surface area contributed by atoms with Crippen LogP contribution in [0.5, 0.6) is 0 Å². The van der Waals surface area contributed by atoms with E-state index in [9.17, 15) is 8.42 Å². The fourth-order valence-corrected chi connectivity index (χ4v) is 4.71. The molecular formula is C16H26ClN3O2S. The normalized spacial score (nSPS) is 17.7. The van der Waals surface area contributed by atoms with Crippen LogP contribution in [0.1, 0.15) is 19.4 Å². The van der Waals surface area contributed by atoms with Crippen molar-refractivity contribution in [2.75, 3.05) is 45.8 Å². The number of piperazine rings is 1. The Balaban J connectivity index is 1.86. The van der Waals surface area contributed by atoms with Crippen LogP contribution in [0.3, 0.4) is 0 Å². The summed E-state index contributed by atoms with van der Waals surface area (Å²) in [5.74, 6) is 0. The summed E-state index contributed by atoms with van der Waals surface area (Å²) in [6.07, 6.45) is 0.891. The molecule has 0 atom stereocenters. The molecule has 0 saturated carbocycles. The van der Waals surface area contributed by atoms with Gasteiger partial charge in [-0.3, -0.25) is 0 Å². The van der Waals surface area contributed by atoms with Gasteiger partial charge in [-0.15, -0.1) is 0 Å². The minimum atomic E-state index is -3.30. The quantitative estimate of drug-likeness (QED) is 0.748. The SMILES string of the molecule is CCN(CC)S(=O)(=O)N1CCN(CCc2ccccc2Cl)CC1. The second-order valence-electron chi connectivity index (χ2n) is 5.67. The molecule has 2 rings (SSSR count). The summed E-state index contributed by atoms with van der Waals surface area (Å²) < 4.78 is 28.1. The van der Waals surface area contributed by atoms with Gasteiger partial charge >= 0.3 is 0 Å². The van der Waals surface area contributed by atoms with Gasteiger partial charge in [-0.25, -0.2) is 0 Å². The molecule has 23 heavy (non-hydrogen) atoms. The number of hydrogen-bond donors (Lipinski definition) is 0. The van der Waals surface area contributed by atoms with E-state index in [2.05, 4.69) is 4.90 Å². The standard InChI is InChI=1S/C16H26ClN3O2S/c1-3-19(4-2)23(21,22)20-13-11-18(12-14-20)10-9-15-7-5-6-8-16(15)17/h5-8H,3-4,9-14H2,1-2H3. The van der Waals surface area contributed by atoms with E-state index < -0.39 is 10.2 Å². The van der Waals surface area contributed by atoms with Gasteiger partial charge in [0.2, 0.25) is 0 Å². The van der Waals surface area contributed by atoms with Crippen LogP contribution in [0.4, 0.5) is 0 Å². The number of nitrogens with zero attached hydrogens (tertiary/aromatic N) is 3. The molecule has 0 radical (unpaired) electrons. The lowest BCUT2D eigenvalue weighted by atomic mass is 10.1. The van der Waals surface area contributed by atoms with E-state index in [4.69, 9.17) is 11.6 Å². The molecule has 1 heterocycles. The van der Waals surface area contributed by atoms with E-state index >= 15 is 0 Å². The molecule has 1 aliphatic rings. The van der Waals surface area contributed by atoms with Crippen molar-refractivity contribution in [2.45, 2.75) is 20.3 Å². The third kappa shape index (κ3) is 4.67. The Labute approximate surface area is 145 Å². The molecule has 0 bridgehead atoms. The summed E-state index contributed by atoms with van der Waals surface area (Å²) in [5, 5.41) is 0.801. The van der Waals surface area contributed by atoms with Crippen molar-refractivity contribution in [3.8, 4) is 0 Å². The van der Waals surface area contributed by atoms with Crippen LogP contribution in [-0.2, 0) is 16.6 Å². The number of hydrogen-bond acceptors (Lipinski definition) is 3. The zero-order valence-corrected chi connectivity index (χ0v) is 15.5. The molecule has 0 aliphatic carbocycles. The van der Waals surface area contributed by atoms with Gasteiger partial charge < -0.3 is 4.90 Å². The summed E-state index contributed by atoms with van der Waals surface area (Å²) in [7, 11) is -3.30. The topological polar surface area (TPSA) is 43.9 Å². The van der Waals surface area contributed by atoms with Crippen molar-refractivity contribution in [1.29, 1.82) is 0 Å². The molecule has 0 aromatic heterocycles. The minimum Gasteiger partial charge on any atom is -0.300 e. The van der Waals surface area contributed by atoms with Gasteiger partial charge in [0, 0.05) is 50.8 Å². The average molecular weight is 360 g/mol. The number of benzene rings is 1. The van der Waals surface area contributed by atoms with Gasteiger partial charge in [-0.2, -0.15) is 17.0 Å². The molecule has 1 aromatic rings. The Kier molecular flexibility index (Phi) is 6.85. The van der Waals surface area contributed by atoms with Crippen LogP contribution in [0.2, 0.25) is 5.02 Å². The Hall–Kier alpha value is -0.660. The molecule has 1 saturated heterocycles. The maximum Gasteiger partial charge on any atom is 0.282 e. The first kappa shape index (κ1) is 18.7. The summed E-state index contributed by atoms with van der Waals surface area (Å²) in [6.45, 7) is 8.35. The van der Waals surface area contributed by atoms with Crippen molar-refractivity contribution in [3.63, 3.8) is 0 Å². The van der Waals surface area contributed by atoms with Crippen molar-refractivity contribution in [1.82, 2.24) is 13.5 Å². The fourth-order valence-electron chi connectivity index (χ4n) is 2.88. The van der Waals surface area contributed by atoms with Gasteiger partial charge in [0.15, 0.2) is 0 Å². The summed E-state index contributed by atoms with van der Waals surface area (Å²) in [5.41, 5.74) is 1.15. The van der Waals surface area contributed by atoms with Gasteiger partial charge in [0.1, 0.15) is 0 Å². The first-order chi connectivity index (χ1) is 11.0. The molecule has 0 unspecified atom stereocenters. The van der Waals surface area contributed by atoms with Gasteiger partial charge in [0.25, 0.3) is 10.2 Å². The van der Waals surface area contributed by atoms with E-state index in [1.807, 2.05) is 38.1 Å². The lowest BCUT2D eigenvalue weighted by Crippen LogP contribution is -2.53. The van der Waals surface area contributed by atoms with E-state index in [-0.39, 0.29) is 0 Å². The molecule has 130 valence electrons. The molecular weight excluding hydrogens is 334 g/mol. The Morgan fingerprint density at radius 1 is 1.09 bits per heavy atom. The van der Waals surface area contributed by atoms with Crippen molar-refractivity contribution >= 4 is 21.8 Å². The smallest absolute Gasteiger partial charge is 0.282 e. The highest BCUT2D eigenvalue weighted by Gasteiger charge is 2.30. The molecule has 1 fully saturated rings. The second-order valence-corrected chi connectivity index (χ2v) is 8.01. The number of rotatable bonds is 7. The molecule has 5 nitrogen and oxygen atoms in total. The lowest BCUT2D eigenvalue weighted by Gasteiger charge is -2.36. The maximum absolute atomic E-state index is 12.5. The highest BCUT2D eigenvalue weighted by Crippen LogP contribution is 2.17. The summed E-state index contributed by atoms with van der Waals surface area (Å²) >= 11 is 6.18. The summed E-state index contributed by atoms with van der Waals surface area (Å²) in [4.78, 5) is 2.30. The third-order valence-electron chi connectivity index (χ3n) is 4.34. The molecule has 0 N–H and O–H groups in total. The predicted octanol–water partition coefficient (Wildman–Crippen LogP) is 2.09. The highest BCUT2D eigenvalue weighted by molar-refractivity contribution is 7.86. The van der Waals surface area contributed by atoms with Crippen molar-refractivity contribution < 1.29 is 8.42 Å². The summed E-state index contributed by atoms with van der Waals surface area (Å²) in [6, 6.07) is 7.88. The minimum absolute atomic E-state index is 0.519. The van der Waals surface area contributed by atoms with E-state index in [1.54, 1.807) is 4.31 Å². The first-order valence-electron chi connectivity index (χ1n) is 8.20. The molecule has 1 aromatic carbocycles. The first-order valence-corrected chi connectivity index (χ1v) is 9.97. The third-order valence-corrected chi connectivity index (χ3v) is 6.90. The average Bonchev–Trinajstić information content (AvgIpc) is 2.55. The Bertz CT molecular complexity index is 597. The van der Waals surface area contributed by atoms with Crippen LogP contribution >= 0.6 is 11.6 Å². The second kappa shape index (κ2) is 8.44. The highest BCUT2D eigenvalue weighted by atomic mass is 35.5. The van der Waals surface area contributed by atoms with Crippen LogP contribution in [0.25, 0.3) is 0 Å². The maximum atomic E-state index is 12.5. The van der Waals surface area contributed by atoms with Gasteiger partial charge in [-0.1, -0.05) is 43.6 Å². The van der Waals surface area contributed by atoms with Crippen molar-refractivity contribution in [3.05, 3.63) is 34.9 Å². The lowest BCUT2D eigenvalue weighted by molar-refractivity contribution is 0.183. The number of halogens is 1. The van der Waals surface area contributed by atoms with E-state index in [1.165, 1.54) is 4.31 Å². The molecule has 7 heteroatoms. The van der Waals surface area contributed by atoms with Crippen LogP contribution in [-0.4, -0.2) is 67.7 Å².